The lowest BCUT2D eigenvalue weighted by atomic mass is 10.0. The molecule has 3 rings (SSSR count). The molecule has 3 aromatic carbocycles. The van der Waals surface area contributed by atoms with Crippen molar-refractivity contribution in [2.45, 2.75) is 26.7 Å². The summed E-state index contributed by atoms with van der Waals surface area (Å²) in [6.45, 7) is 4.09. The van der Waals surface area contributed by atoms with Gasteiger partial charge in [0.05, 0.1) is 16.4 Å². The smallest absolute Gasteiger partial charge is 0.139 e. The first-order valence-electron chi connectivity index (χ1n) is 9.20. The van der Waals surface area contributed by atoms with Gasteiger partial charge in [-0.15, -0.1) is 0 Å². The third kappa shape index (κ3) is 4.81. The molecule has 0 N–H and O–H groups in total. The van der Waals surface area contributed by atoms with E-state index in [1.54, 1.807) is 12.1 Å². The van der Waals surface area contributed by atoms with E-state index in [0.717, 1.165) is 40.8 Å². The summed E-state index contributed by atoms with van der Waals surface area (Å²) < 4.78 is 14.5. The molecule has 0 saturated heterocycles. The molecule has 0 atom stereocenters. The Labute approximate surface area is 171 Å². The normalized spacial score (nSPS) is 9.96. The molecule has 0 aromatic heterocycles. The summed E-state index contributed by atoms with van der Waals surface area (Å²) in [5.41, 5.74) is 6.05. The lowest BCUT2D eigenvalue weighted by Gasteiger charge is -2.05. The zero-order valence-electron chi connectivity index (χ0n) is 15.9. The number of halogens is 1. The van der Waals surface area contributed by atoms with E-state index in [4.69, 9.17) is 0 Å². The van der Waals surface area contributed by atoms with E-state index in [2.05, 4.69) is 53.3 Å². The van der Waals surface area contributed by atoms with Crippen LogP contribution < -0.4 is 0 Å². The van der Waals surface area contributed by atoms with Gasteiger partial charge in [0.25, 0.3) is 0 Å². The molecule has 0 aliphatic carbocycles. The molecule has 138 valence electrons. The molecule has 3 heteroatoms. The van der Waals surface area contributed by atoms with Crippen LogP contribution in [0.5, 0.6) is 0 Å². The number of nitrogens with zero attached hydrogens (tertiary/aromatic N) is 1. The Morgan fingerprint density at radius 1 is 0.929 bits per heavy atom. The summed E-state index contributed by atoms with van der Waals surface area (Å²) in [6, 6.07) is 19.0. The Balaban J connectivity index is 1.83. The molecule has 0 radical (unpaired) electrons. The van der Waals surface area contributed by atoms with E-state index in [9.17, 15) is 4.39 Å². The fourth-order valence-electron chi connectivity index (χ4n) is 3.00. The van der Waals surface area contributed by atoms with Crippen LogP contribution >= 0.6 is 12.2 Å². The number of aryl methyl sites for hydroxylation is 2. The number of aliphatic imine (C=N–C) groups is 1. The van der Waals surface area contributed by atoms with Gasteiger partial charge in [-0.3, -0.25) is 0 Å². The third-order valence-electron chi connectivity index (χ3n) is 4.50. The van der Waals surface area contributed by atoms with Crippen molar-refractivity contribution >= 4 is 23.1 Å². The van der Waals surface area contributed by atoms with Gasteiger partial charge >= 0.3 is 0 Å². The molecule has 0 fully saturated rings. The second kappa shape index (κ2) is 9.24. The lowest BCUT2D eigenvalue weighted by molar-refractivity contribution is 0.625. The van der Waals surface area contributed by atoms with Gasteiger partial charge in [0.1, 0.15) is 5.82 Å². The highest BCUT2D eigenvalue weighted by molar-refractivity contribution is 7.78. The Hall–Kier alpha value is -3.05. The molecule has 0 heterocycles. The highest BCUT2D eigenvalue weighted by Crippen LogP contribution is 2.23. The molecular weight excluding hydrogens is 365 g/mol. The second-order valence-electron chi connectivity index (χ2n) is 6.60. The largest absolute Gasteiger partial charge is 0.206 e. The van der Waals surface area contributed by atoms with Crippen molar-refractivity contribution < 1.29 is 4.39 Å². The van der Waals surface area contributed by atoms with Crippen LogP contribution in [0.1, 0.15) is 35.6 Å². The summed E-state index contributed by atoms with van der Waals surface area (Å²) in [5, 5.41) is 2.36. The predicted octanol–water partition coefficient (Wildman–Crippen LogP) is 6.89. The average Bonchev–Trinajstić information content (AvgIpc) is 2.70. The maximum Gasteiger partial charge on any atom is 0.139 e. The predicted molar refractivity (Wildman–Crippen MR) is 118 cm³/mol. The first kappa shape index (κ1) is 19.7. The molecule has 0 saturated carbocycles. The number of hydrogen-bond acceptors (Lipinski definition) is 2. The molecule has 0 amide bonds. The first-order chi connectivity index (χ1) is 13.6. The van der Waals surface area contributed by atoms with Crippen LogP contribution in [0.4, 0.5) is 10.1 Å². The van der Waals surface area contributed by atoms with Gasteiger partial charge in [-0.2, -0.15) is 4.99 Å². The van der Waals surface area contributed by atoms with Crippen LogP contribution in [0.15, 0.2) is 65.7 Å². The summed E-state index contributed by atoms with van der Waals surface area (Å²) in [7, 11) is 0. The minimum absolute atomic E-state index is 0.318. The SMILES string of the molecule is CCCc1ccc(-c2ccc(C#Cc3ccc(N=C=S)c(C)c3)c(F)c2)cc1. The van der Waals surface area contributed by atoms with Crippen molar-refractivity contribution in [2.75, 3.05) is 0 Å². The standard InChI is InChI=1S/C25H20FNS/c1-3-4-19-5-9-21(10-6-19)23-13-12-22(24(26)16-23)11-7-20-8-14-25(27-17-28)18(2)15-20/h5-6,8-10,12-16H,3-4H2,1-2H3. The molecule has 0 bridgehead atoms. The number of hydrogen-bond donors (Lipinski definition) is 0. The Kier molecular flexibility index (Phi) is 6.50. The van der Waals surface area contributed by atoms with Gasteiger partial charge in [-0.05, 0) is 78.1 Å². The quantitative estimate of drug-likeness (QED) is 0.271. The summed E-state index contributed by atoms with van der Waals surface area (Å²) in [6.07, 6.45) is 2.17. The molecule has 1 nitrogen and oxygen atoms in total. The van der Waals surface area contributed by atoms with E-state index >= 15 is 0 Å². The van der Waals surface area contributed by atoms with E-state index in [1.165, 1.54) is 5.56 Å². The van der Waals surface area contributed by atoms with E-state index < -0.39 is 0 Å². The van der Waals surface area contributed by atoms with Gasteiger partial charge in [0, 0.05) is 5.56 Å². The Morgan fingerprint density at radius 3 is 2.32 bits per heavy atom. The van der Waals surface area contributed by atoms with Crippen LogP contribution in [0.3, 0.4) is 0 Å². The highest BCUT2D eigenvalue weighted by atomic mass is 32.1. The second-order valence-corrected chi connectivity index (χ2v) is 6.78. The van der Waals surface area contributed by atoms with Gasteiger partial charge in [-0.25, -0.2) is 4.39 Å². The van der Waals surface area contributed by atoms with E-state index in [-0.39, 0.29) is 5.82 Å². The van der Waals surface area contributed by atoms with Gasteiger partial charge in [-0.1, -0.05) is 55.5 Å². The minimum Gasteiger partial charge on any atom is -0.206 e. The maximum absolute atomic E-state index is 14.5. The average molecular weight is 386 g/mol. The van der Waals surface area contributed by atoms with Crippen LogP contribution in [0, 0.1) is 24.6 Å². The zero-order chi connectivity index (χ0) is 19.9. The molecule has 0 spiro atoms. The third-order valence-corrected chi connectivity index (χ3v) is 4.59. The molecular formula is C25H20FNS. The molecule has 0 aliphatic rings. The van der Waals surface area contributed by atoms with Crippen LogP contribution in [-0.2, 0) is 6.42 Å². The molecule has 3 aromatic rings. The first-order valence-corrected chi connectivity index (χ1v) is 9.61. The molecule has 28 heavy (non-hydrogen) atoms. The summed E-state index contributed by atoms with van der Waals surface area (Å²) in [5.74, 6) is 5.62. The van der Waals surface area contributed by atoms with Crippen molar-refractivity contribution in [2.24, 2.45) is 4.99 Å². The molecule has 0 aliphatic heterocycles. The zero-order valence-corrected chi connectivity index (χ0v) is 16.7. The minimum atomic E-state index is -0.318. The number of thiocarbonyl (C=S) groups is 1. The van der Waals surface area contributed by atoms with Gasteiger partial charge < -0.3 is 0 Å². The van der Waals surface area contributed by atoms with Crippen molar-refractivity contribution in [3.8, 4) is 23.0 Å². The highest BCUT2D eigenvalue weighted by Gasteiger charge is 2.04. The van der Waals surface area contributed by atoms with Crippen LogP contribution in [-0.4, -0.2) is 5.16 Å². The van der Waals surface area contributed by atoms with Crippen molar-refractivity contribution in [1.29, 1.82) is 0 Å². The fraction of sp³-hybridized carbons (Fsp3) is 0.160. The molecule has 0 unspecified atom stereocenters. The van der Waals surface area contributed by atoms with Gasteiger partial charge in [0.15, 0.2) is 0 Å². The maximum atomic E-state index is 14.5. The Morgan fingerprint density at radius 2 is 1.68 bits per heavy atom. The van der Waals surface area contributed by atoms with Crippen molar-refractivity contribution in [1.82, 2.24) is 0 Å². The van der Waals surface area contributed by atoms with Gasteiger partial charge in [0.2, 0.25) is 0 Å². The van der Waals surface area contributed by atoms with Crippen molar-refractivity contribution in [3.05, 3.63) is 88.7 Å². The Bertz CT molecular complexity index is 1100. The van der Waals surface area contributed by atoms with Crippen LogP contribution in [0.25, 0.3) is 11.1 Å². The number of rotatable bonds is 4. The van der Waals surface area contributed by atoms with Crippen molar-refractivity contribution in [3.63, 3.8) is 0 Å². The number of benzene rings is 3. The fourth-order valence-corrected chi connectivity index (χ4v) is 3.09. The lowest BCUT2D eigenvalue weighted by Crippen LogP contribution is -1.88. The summed E-state index contributed by atoms with van der Waals surface area (Å²) >= 11 is 4.63. The monoisotopic (exact) mass is 385 g/mol. The summed E-state index contributed by atoms with van der Waals surface area (Å²) in [4.78, 5) is 3.99. The van der Waals surface area contributed by atoms with E-state index in [1.807, 2.05) is 43.3 Å². The number of isothiocyanates is 1. The van der Waals surface area contributed by atoms with Crippen LogP contribution in [0.2, 0.25) is 0 Å². The van der Waals surface area contributed by atoms with E-state index in [0.29, 0.717) is 5.56 Å². The topological polar surface area (TPSA) is 12.4 Å².